The average Bonchev–Trinajstić information content (AvgIpc) is 2.44. The van der Waals surface area contributed by atoms with Gasteiger partial charge in [-0.05, 0) is 63.7 Å². The number of hydrogen-bond acceptors (Lipinski definition) is 2. The first kappa shape index (κ1) is 17.2. The maximum atomic E-state index is 12.0. The smallest absolute Gasteiger partial charge is 0.251 e. The van der Waals surface area contributed by atoms with Crippen LogP contribution in [0.5, 0.6) is 0 Å². The highest BCUT2D eigenvalue weighted by Gasteiger charge is 2.10. The number of nitrogens with one attached hydrogen (secondary N) is 1. The monoisotopic (exact) mass is 340 g/mol. The van der Waals surface area contributed by atoms with Gasteiger partial charge < -0.3 is 10.2 Å². The van der Waals surface area contributed by atoms with Crippen molar-refractivity contribution >= 4 is 21.8 Å². The van der Waals surface area contributed by atoms with E-state index in [9.17, 15) is 4.79 Å². The minimum Gasteiger partial charge on any atom is -0.350 e. The Morgan fingerprint density at radius 1 is 1.25 bits per heavy atom. The second-order valence-electron chi connectivity index (χ2n) is 5.05. The van der Waals surface area contributed by atoms with Gasteiger partial charge in [0.15, 0.2) is 0 Å². The van der Waals surface area contributed by atoms with Gasteiger partial charge in [-0.2, -0.15) is 0 Å². The van der Waals surface area contributed by atoms with Crippen molar-refractivity contribution in [1.29, 1.82) is 0 Å². The van der Waals surface area contributed by atoms with Crippen molar-refractivity contribution in [2.24, 2.45) is 0 Å². The Morgan fingerprint density at radius 2 is 1.85 bits per heavy atom. The number of nitrogens with zero attached hydrogens (tertiary/aromatic N) is 1. The van der Waals surface area contributed by atoms with E-state index in [2.05, 4.69) is 46.9 Å². The van der Waals surface area contributed by atoms with E-state index in [1.165, 1.54) is 0 Å². The van der Waals surface area contributed by atoms with E-state index >= 15 is 0 Å². The third-order valence-corrected chi connectivity index (χ3v) is 4.02. The van der Waals surface area contributed by atoms with Crippen molar-refractivity contribution in [3.05, 3.63) is 34.3 Å². The summed E-state index contributed by atoms with van der Waals surface area (Å²) in [6.07, 6.45) is 2.13. The lowest BCUT2D eigenvalue weighted by atomic mass is 10.1. The highest BCUT2D eigenvalue weighted by atomic mass is 79.9. The molecule has 4 heteroatoms. The summed E-state index contributed by atoms with van der Waals surface area (Å²) in [5.41, 5.74) is 0.712. The van der Waals surface area contributed by atoms with Crippen LogP contribution in [0.3, 0.4) is 0 Å². The third-order valence-electron chi connectivity index (χ3n) is 3.49. The molecule has 0 aliphatic heterocycles. The predicted octanol–water partition coefficient (Wildman–Crippen LogP) is 3.69. The normalized spacial score (nSPS) is 12.4. The molecule has 1 rings (SSSR count). The zero-order valence-corrected chi connectivity index (χ0v) is 14.2. The third kappa shape index (κ3) is 6.06. The lowest BCUT2D eigenvalue weighted by molar-refractivity contribution is 0.0937. The standard InChI is InChI=1S/C16H25BrN2O/c1-4-19(5-2)12-6-7-13(3)18-16(20)14-8-10-15(17)11-9-14/h8-11,13H,4-7,12H2,1-3H3,(H,18,20). The van der Waals surface area contributed by atoms with Crippen LogP contribution < -0.4 is 5.32 Å². The number of hydrogen-bond donors (Lipinski definition) is 1. The fraction of sp³-hybridized carbons (Fsp3) is 0.562. The number of carbonyl (C=O) groups excluding carboxylic acids is 1. The van der Waals surface area contributed by atoms with Crippen LogP contribution in [0.1, 0.15) is 44.0 Å². The van der Waals surface area contributed by atoms with E-state index in [0.717, 1.165) is 36.9 Å². The number of halogens is 1. The van der Waals surface area contributed by atoms with Crippen molar-refractivity contribution in [3.8, 4) is 0 Å². The lowest BCUT2D eigenvalue weighted by Crippen LogP contribution is -2.33. The van der Waals surface area contributed by atoms with Crippen LogP contribution in [0, 0.1) is 0 Å². The number of amides is 1. The van der Waals surface area contributed by atoms with Gasteiger partial charge >= 0.3 is 0 Å². The molecule has 1 amide bonds. The summed E-state index contributed by atoms with van der Waals surface area (Å²) < 4.78 is 0.987. The molecule has 0 spiro atoms. The van der Waals surface area contributed by atoms with Crippen LogP contribution >= 0.6 is 15.9 Å². The van der Waals surface area contributed by atoms with E-state index in [-0.39, 0.29) is 11.9 Å². The molecule has 0 radical (unpaired) electrons. The molecule has 20 heavy (non-hydrogen) atoms. The molecule has 0 aliphatic carbocycles. The van der Waals surface area contributed by atoms with Gasteiger partial charge in [-0.3, -0.25) is 4.79 Å². The second kappa shape index (κ2) is 9.14. The molecule has 1 aromatic carbocycles. The van der Waals surface area contributed by atoms with Gasteiger partial charge in [0.1, 0.15) is 0 Å². The van der Waals surface area contributed by atoms with Crippen molar-refractivity contribution in [2.45, 2.75) is 39.7 Å². The van der Waals surface area contributed by atoms with Gasteiger partial charge in [0, 0.05) is 16.1 Å². The lowest BCUT2D eigenvalue weighted by Gasteiger charge is -2.19. The molecule has 0 bridgehead atoms. The Hall–Kier alpha value is -0.870. The fourth-order valence-corrected chi connectivity index (χ4v) is 2.41. The van der Waals surface area contributed by atoms with Crippen molar-refractivity contribution < 1.29 is 4.79 Å². The number of carbonyl (C=O) groups is 1. The molecule has 112 valence electrons. The Bertz CT molecular complexity index is 401. The quantitative estimate of drug-likeness (QED) is 0.782. The van der Waals surface area contributed by atoms with Crippen LogP contribution in [0.15, 0.2) is 28.7 Å². The number of rotatable bonds is 8. The maximum absolute atomic E-state index is 12.0. The van der Waals surface area contributed by atoms with E-state index in [4.69, 9.17) is 0 Å². The molecule has 1 atom stereocenters. The van der Waals surface area contributed by atoms with Crippen molar-refractivity contribution in [2.75, 3.05) is 19.6 Å². The molecule has 1 aromatic rings. The summed E-state index contributed by atoms with van der Waals surface area (Å²) in [6, 6.07) is 7.66. The van der Waals surface area contributed by atoms with Gasteiger partial charge in [-0.25, -0.2) is 0 Å². The average molecular weight is 341 g/mol. The van der Waals surface area contributed by atoms with Gasteiger partial charge in [0.2, 0.25) is 0 Å². The zero-order valence-electron chi connectivity index (χ0n) is 12.7. The van der Waals surface area contributed by atoms with E-state index < -0.39 is 0 Å². The van der Waals surface area contributed by atoms with Gasteiger partial charge in [0.05, 0.1) is 0 Å². The molecule has 1 N–H and O–H groups in total. The van der Waals surface area contributed by atoms with Crippen LogP contribution in [-0.2, 0) is 0 Å². The summed E-state index contributed by atoms with van der Waals surface area (Å²) in [5.74, 6) is 0.00726. The summed E-state index contributed by atoms with van der Waals surface area (Å²) in [6.45, 7) is 9.72. The largest absolute Gasteiger partial charge is 0.350 e. The minimum absolute atomic E-state index is 0.00726. The Kier molecular flexibility index (Phi) is 7.85. The first-order valence-corrected chi connectivity index (χ1v) is 8.14. The molecule has 3 nitrogen and oxygen atoms in total. The fourth-order valence-electron chi connectivity index (χ4n) is 2.14. The molecular formula is C16H25BrN2O. The predicted molar refractivity (Wildman–Crippen MR) is 88.1 cm³/mol. The Balaban J connectivity index is 2.33. The molecule has 0 saturated carbocycles. The maximum Gasteiger partial charge on any atom is 0.251 e. The molecule has 0 saturated heterocycles. The van der Waals surface area contributed by atoms with Gasteiger partial charge in [-0.1, -0.05) is 29.8 Å². The van der Waals surface area contributed by atoms with Gasteiger partial charge in [0.25, 0.3) is 5.91 Å². The summed E-state index contributed by atoms with van der Waals surface area (Å²) in [7, 11) is 0. The van der Waals surface area contributed by atoms with Crippen LogP contribution in [0.25, 0.3) is 0 Å². The van der Waals surface area contributed by atoms with Crippen molar-refractivity contribution in [3.63, 3.8) is 0 Å². The molecule has 0 heterocycles. The summed E-state index contributed by atoms with van der Waals surface area (Å²) >= 11 is 3.37. The van der Waals surface area contributed by atoms with Crippen LogP contribution in [0.2, 0.25) is 0 Å². The molecule has 0 aliphatic rings. The SMILES string of the molecule is CCN(CC)CCCC(C)NC(=O)c1ccc(Br)cc1. The first-order chi connectivity index (χ1) is 9.56. The Morgan fingerprint density at radius 3 is 2.40 bits per heavy atom. The molecular weight excluding hydrogens is 316 g/mol. The zero-order chi connectivity index (χ0) is 15.0. The molecule has 0 fully saturated rings. The Labute approximate surface area is 130 Å². The highest BCUT2D eigenvalue weighted by molar-refractivity contribution is 9.10. The van der Waals surface area contributed by atoms with Gasteiger partial charge in [-0.15, -0.1) is 0 Å². The summed E-state index contributed by atoms with van der Waals surface area (Å²) in [4.78, 5) is 14.4. The summed E-state index contributed by atoms with van der Waals surface area (Å²) in [5, 5.41) is 3.05. The van der Waals surface area contributed by atoms with Crippen molar-refractivity contribution in [1.82, 2.24) is 10.2 Å². The molecule has 0 aromatic heterocycles. The van der Waals surface area contributed by atoms with E-state index in [1.807, 2.05) is 24.3 Å². The van der Waals surface area contributed by atoms with Crippen LogP contribution in [-0.4, -0.2) is 36.5 Å². The molecule has 1 unspecified atom stereocenters. The highest BCUT2D eigenvalue weighted by Crippen LogP contribution is 2.11. The first-order valence-electron chi connectivity index (χ1n) is 7.35. The number of benzene rings is 1. The second-order valence-corrected chi connectivity index (χ2v) is 5.97. The van der Waals surface area contributed by atoms with E-state index in [1.54, 1.807) is 0 Å². The topological polar surface area (TPSA) is 32.3 Å². The minimum atomic E-state index is 0.00726. The van der Waals surface area contributed by atoms with Crippen LogP contribution in [0.4, 0.5) is 0 Å². The van der Waals surface area contributed by atoms with E-state index in [0.29, 0.717) is 5.56 Å².